The number of nitrogens with one attached hydrogen (secondary N) is 1. The van der Waals surface area contributed by atoms with Gasteiger partial charge in [-0.25, -0.2) is 0 Å². The molecule has 1 heterocycles. The van der Waals surface area contributed by atoms with Crippen molar-refractivity contribution in [2.45, 2.75) is 70.6 Å². The van der Waals surface area contributed by atoms with Crippen molar-refractivity contribution in [1.29, 1.82) is 0 Å². The van der Waals surface area contributed by atoms with Crippen molar-refractivity contribution in [3.05, 3.63) is 28.3 Å². The average Bonchev–Trinajstić information content (AvgIpc) is 2.74. The number of nitrogens with zero attached hydrogens (tertiary/aromatic N) is 1. The lowest BCUT2D eigenvalue weighted by Gasteiger charge is -2.33. The predicted molar refractivity (Wildman–Crippen MR) is 122 cm³/mol. The van der Waals surface area contributed by atoms with E-state index in [1.807, 2.05) is 0 Å². The summed E-state index contributed by atoms with van der Waals surface area (Å²) in [5.74, 6) is 0.289. The number of methoxy groups -OCH3 is 2. The second kappa shape index (κ2) is 13.2. The Balaban J connectivity index is 2.00. The molecule has 7 heteroatoms. The van der Waals surface area contributed by atoms with Crippen molar-refractivity contribution in [2.75, 3.05) is 33.9 Å². The molecule has 0 radical (unpaired) electrons. The van der Waals surface area contributed by atoms with E-state index in [1.54, 1.807) is 26.4 Å². The van der Waals surface area contributed by atoms with Gasteiger partial charge in [-0.1, -0.05) is 37.8 Å². The molecule has 1 amide bonds. The van der Waals surface area contributed by atoms with Crippen molar-refractivity contribution >= 4 is 17.5 Å². The Morgan fingerprint density at radius 2 is 2.03 bits per heavy atom. The largest absolute Gasteiger partial charge is 0.496 e. The summed E-state index contributed by atoms with van der Waals surface area (Å²) in [6.45, 7) is 5.74. The Bertz CT molecular complexity index is 671. The van der Waals surface area contributed by atoms with Crippen molar-refractivity contribution in [2.24, 2.45) is 5.73 Å². The monoisotopic (exact) mass is 439 g/mol. The summed E-state index contributed by atoms with van der Waals surface area (Å²) < 4.78 is 11.2. The van der Waals surface area contributed by atoms with Crippen molar-refractivity contribution < 1.29 is 14.3 Å². The molecule has 30 heavy (non-hydrogen) atoms. The summed E-state index contributed by atoms with van der Waals surface area (Å²) in [4.78, 5) is 15.6. The first-order chi connectivity index (χ1) is 14.5. The molecule has 170 valence electrons. The summed E-state index contributed by atoms with van der Waals surface area (Å²) in [5.41, 5.74) is 6.89. The van der Waals surface area contributed by atoms with E-state index in [-0.39, 0.29) is 18.1 Å². The lowest BCUT2D eigenvalue weighted by Crippen LogP contribution is -2.47. The van der Waals surface area contributed by atoms with Crippen LogP contribution in [-0.2, 0) is 11.3 Å². The van der Waals surface area contributed by atoms with E-state index in [2.05, 4.69) is 17.1 Å². The maximum atomic E-state index is 13.0. The first-order valence-corrected chi connectivity index (χ1v) is 11.5. The highest BCUT2D eigenvalue weighted by molar-refractivity contribution is 6.31. The average molecular weight is 440 g/mol. The minimum absolute atomic E-state index is 0.0165. The number of halogens is 1. The van der Waals surface area contributed by atoms with Gasteiger partial charge in [0.2, 0.25) is 0 Å². The van der Waals surface area contributed by atoms with Crippen LogP contribution in [0.15, 0.2) is 12.1 Å². The number of benzene rings is 1. The van der Waals surface area contributed by atoms with E-state index in [1.165, 1.54) is 25.7 Å². The van der Waals surface area contributed by atoms with Gasteiger partial charge >= 0.3 is 0 Å². The van der Waals surface area contributed by atoms with Gasteiger partial charge < -0.3 is 25.4 Å². The zero-order valence-electron chi connectivity index (χ0n) is 18.7. The highest BCUT2D eigenvalue weighted by Crippen LogP contribution is 2.27. The molecule has 0 bridgehead atoms. The number of ether oxygens (including phenoxy) is 2. The summed E-state index contributed by atoms with van der Waals surface area (Å²) in [7, 11) is 3.27. The molecule has 2 atom stereocenters. The van der Waals surface area contributed by atoms with Crippen molar-refractivity contribution in [3.8, 4) is 5.75 Å². The van der Waals surface area contributed by atoms with Crippen molar-refractivity contribution in [1.82, 2.24) is 10.2 Å². The molecule has 1 saturated heterocycles. The molecule has 0 spiro atoms. The number of nitrogens with two attached hydrogens (primary N) is 1. The quantitative estimate of drug-likeness (QED) is 0.539. The van der Waals surface area contributed by atoms with Gasteiger partial charge in [0, 0.05) is 25.2 Å². The van der Waals surface area contributed by atoms with E-state index < -0.39 is 0 Å². The predicted octanol–water partition coefficient (Wildman–Crippen LogP) is 3.99. The Kier molecular flexibility index (Phi) is 10.9. The van der Waals surface area contributed by atoms with Gasteiger partial charge in [0.05, 0.1) is 24.8 Å². The van der Waals surface area contributed by atoms with Crippen molar-refractivity contribution in [3.63, 3.8) is 0 Å². The molecule has 6 nitrogen and oxygen atoms in total. The molecule has 2 unspecified atom stereocenters. The third-order valence-corrected chi connectivity index (χ3v) is 6.30. The van der Waals surface area contributed by atoms with E-state index in [0.717, 1.165) is 44.5 Å². The van der Waals surface area contributed by atoms with Crippen LogP contribution in [0.5, 0.6) is 5.75 Å². The van der Waals surface area contributed by atoms with E-state index in [0.29, 0.717) is 22.9 Å². The molecule has 2 rings (SSSR count). The minimum atomic E-state index is -0.193. The van der Waals surface area contributed by atoms with Gasteiger partial charge in [-0.3, -0.25) is 4.79 Å². The minimum Gasteiger partial charge on any atom is -0.496 e. The molecule has 1 fully saturated rings. The van der Waals surface area contributed by atoms with E-state index >= 15 is 0 Å². The SMILES string of the molecule is CCCCCCN1CCCC(NC(=O)c2cc(Cl)c(CN)cc2OC)C(OC)CC1. The van der Waals surface area contributed by atoms with Crippen LogP contribution in [0, 0.1) is 0 Å². The van der Waals surface area contributed by atoms with Crippen LogP contribution in [0.3, 0.4) is 0 Å². The first-order valence-electron chi connectivity index (χ1n) is 11.2. The van der Waals surface area contributed by atoms with Gasteiger partial charge in [0.1, 0.15) is 5.75 Å². The highest BCUT2D eigenvalue weighted by atomic mass is 35.5. The smallest absolute Gasteiger partial charge is 0.255 e. The topological polar surface area (TPSA) is 76.8 Å². The van der Waals surface area contributed by atoms with Crippen LogP contribution in [-0.4, -0.2) is 56.8 Å². The van der Waals surface area contributed by atoms with Crippen LogP contribution >= 0.6 is 11.6 Å². The Hall–Kier alpha value is -1.34. The van der Waals surface area contributed by atoms with Gasteiger partial charge in [-0.2, -0.15) is 0 Å². The molecule has 1 aromatic carbocycles. The Morgan fingerprint density at radius 3 is 2.70 bits per heavy atom. The number of rotatable bonds is 10. The first kappa shape index (κ1) is 24.9. The summed E-state index contributed by atoms with van der Waals surface area (Å²) in [5, 5.41) is 3.64. The third kappa shape index (κ3) is 7.12. The molecule has 0 saturated carbocycles. The second-order valence-electron chi connectivity index (χ2n) is 8.04. The summed E-state index contributed by atoms with van der Waals surface area (Å²) in [6.07, 6.45) is 7.92. The number of hydrogen-bond donors (Lipinski definition) is 2. The third-order valence-electron chi connectivity index (χ3n) is 5.95. The lowest BCUT2D eigenvalue weighted by molar-refractivity contribution is 0.0368. The Labute approximate surface area is 186 Å². The van der Waals surface area contributed by atoms with E-state index in [4.69, 9.17) is 26.8 Å². The zero-order chi connectivity index (χ0) is 21.9. The van der Waals surface area contributed by atoms with Crippen LogP contribution in [0.2, 0.25) is 5.02 Å². The van der Waals surface area contributed by atoms with Crippen LogP contribution in [0.1, 0.15) is 67.8 Å². The number of amides is 1. The standard InChI is InChI=1S/C23H38ClN3O3/c1-4-5-6-7-11-27-12-8-9-20(21(29-2)10-13-27)26-23(28)18-15-19(24)17(16-25)14-22(18)30-3/h14-15,20-21H,4-13,16,25H2,1-3H3,(H,26,28). The molecule has 0 aromatic heterocycles. The molecular formula is C23H38ClN3O3. The number of carbonyl (C=O) groups excluding carboxylic acids is 1. The normalized spacial score (nSPS) is 20.4. The number of unbranched alkanes of at least 4 members (excludes halogenated alkanes) is 3. The van der Waals surface area contributed by atoms with Crippen LogP contribution < -0.4 is 15.8 Å². The summed E-state index contributed by atoms with van der Waals surface area (Å²) in [6, 6.07) is 3.34. The number of likely N-dealkylation sites (tertiary alicyclic amines) is 1. The fourth-order valence-corrected chi connectivity index (χ4v) is 4.36. The number of hydrogen-bond acceptors (Lipinski definition) is 5. The van der Waals surface area contributed by atoms with Gasteiger partial charge in [0.25, 0.3) is 5.91 Å². The molecular weight excluding hydrogens is 402 g/mol. The van der Waals surface area contributed by atoms with Gasteiger partial charge in [0.15, 0.2) is 0 Å². The Morgan fingerprint density at radius 1 is 1.23 bits per heavy atom. The van der Waals surface area contributed by atoms with E-state index in [9.17, 15) is 4.79 Å². The summed E-state index contributed by atoms with van der Waals surface area (Å²) >= 11 is 6.28. The molecule has 1 aromatic rings. The van der Waals surface area contributed by atoms with Gasteiger partial charge in [-0.15, -0.1) is 0 Å². The highest BCUT2D eigenvalue weighted by Gasteiger charge is 2.27. The fourth-order valence-electron chi connectivity index (χ4n) is 4.12. The molecule has 1 aliphatic rings. The zero-order valence-corrected chi connectivity index (χ0v) is 19.5. The molecule has 3 N–H and O–H groups in total. The lowest BCUT2D eigenvalue weighted by atomic mass is 9.98. The maximum Gasteiger partial charge on any atom is 0.255 e. The second-order valence-corrected chi connectivity index (χ2v) is 8.44. The maximum absolute atomic E-state index is 13.0. The molecule has 1 aliphatic heterocycles. The van der Waals surface area contributed by atoms with Gasteiger partial charge in [-0.05, 0) is 56.5 Å². The number of carbonyl (C=O) groups is 1. The fraction of sp³-hybridized carbons (Fsp3) is 0.696. The molecule has 0 aliphatic carbocycles. The van der Waals surface area contributed by atoms with Crippen LogP contribution in [0.4, 0.5) is 0 Å². The van der Waals surface area contributed by atoms with Crippen LogP contribution in [0.25, 0.3) is 0 Å².